The van der Waals surface area contributed by atoms with Crippen LogP contribution in [0.15, 0.2) is 18.2 Å². The summed E-state index contributed by atoms with van der Waals surface area (Å²) in [5.74, 6) is 0. The zero-order valence-corrected chi connectivity index (χ0v) is 13.2. The molecular formula is C15H24N4O2. The number of nitro groups is 1. The van der Waals surface area contributed by atoms with Gasteiger partial charge in [0.2, 0.25) is 0 Å². The van der Waals surface area contributed by atoms with Crippen molar-refractivity contribution >= 4 is 11.4 Å². The number of hydrogen-bond acceptors (Lipinski definition) is 5. The van der Waals surface area contributed by atoms with Gasteiger partial charge in [0.1, 0.15) is 5.69 Å². The lowest BCUT2D eigenvalue weighted by molar-refractivity contribution is -0.384. The molecule has 0 saturated carbocycles. The number of nitro benzene ring substituents is 1. The van der Waals surface area contributed by atoms with Gasteiger partial charge in [0, 0.05) is 44.8 Å². The Bertz CT molecular complexity index is 530. The third kappa shape index (κ3) is 3.51. The van der Waals surface area contributed by atoms with Crippen LogP contribution in [0.2, 0.25) is 0 Å². The predicted molar refractivity (Wildman–Crippen MR) is 84.6 cm³/mol. The smallest absolute Gasteiger partial charge is 0.292 e. The number of nitrogens with one attached hydrogen (secondary N) is 1. The first-order valence-electron chi connectivity index (χ1n) is 7.22. The predicted octanol–water partition coefficient (Wildman–Crippen LogP) is 2.16. The zero-order chi connectivity index (χ0) is 15.6. The summed E-state index contributed by atoms with van der Waals surface area (Å²) in [4.78, 5) is 15.5. The van der Waals surface area contributed by atoms with Gasteiger partial charge in [0.25, 0.3) is 5.69 Å². The van der Waals surface area contributed by atoms with E-state index in [0.29, 0.717) is 5.69 Å². The van der Waals surface area contributed by atoms with Crippen LogP contribution in [-0.4, -0.2) is 54.0 Å². The van der Waals surface area contributed by atoms with E-state index in [1.165, 1.54) is 0 Å². The minimum Gasteiger partial charge on any atom is -0.383 e. The van der Waals surface area contributed by atoms with Crippen molar-refractivity contribution in [1.82, 2.24) is 9.80 Å². The molecule has 1 aliphatic rings. The molecule has 0 radical (unpaired) electrons. The number of anilines is 1. The molecule has 0 aromatic heterocycles. The molecule has 1 fully saturated rings. The Kier molecular flexibility index (Phi) is 4.49. The fourth-order valence-corrected chi connectivity index (χ4v) is 2.77. The van der Waals surface area contributed by atoms with Crippen LogP contribution in [0.25, 0.3) is 0 Å². The maximum absolute atomic E-state index is 11.1. The molecule has 1 aromatic rings. The largest absolute Gasteiger partial charge is 0.383 e. The summed E-state index contributed by atoms with van der Waals surface area (Å²) in [7, 11) is 3.84. The molecule has 21 heavy (non-hydrogen) atoms. The monoisotopic (exact) mass is 292 g/mol. The summed E-state index contributed by atoms with van der Waals surface area (Å²) < 4.78 is 0. The van der Waals surface area contributed by atoms with E-state index in [9.17, 15) is 10.1 Å². The normalized spacial score (nSPS) is 19.4. The highest BCUT2D eigenvalue weighted by molar-refractivity contribution is 5.62. The van der Waals surface area contributed by atoms with Crippen LogP contribution in [-0.2, 0) is 6.54 Å². The van der Waals surface area contributed by atoms with Crippen molar-refractivity contribution in [2.75, 3.05) is 39.0 Å². The summed E-state index contributed by atoms with van der Waals surface area (Å²) >= 11 is 0. The first-order chi connectivity index (χ1) is 9.83. The lowest BCUT2D eigenvalue weighted by atomic mass is 9.99. The summed E-state index contributed by atoms with van der Waals surface area (Å²) in [6.07, 6.45) is 0. The van der Waals surface area contributed by atoms with Crippen molar-refractivity contribution in [2.24, 2.45) is 0 Å². The fraction of sp³-hybridized carbons (Fsp3) is 0.600. The molecule has 0 aliphatic carbocycles. The van der Waals surface area contributed by atoms with Crippen molar-refractivity contribution in [3.05, 3.63) is 33.9 Å². The van der Waals surface area contributed by atoms with Crippen LogP contribution in [0.1, 0.15) is 19.4 Å². The Morgan fingerprint density at radius 1 is 1.38 bits per heavy atom. The Morgan fingerprint density at radius 2 is 2.10 bits per heavy atom. The van der Waals surface area contributed by atoms with Gasteiger partial charge in [-0.2, -0.15) is 0 Å². The molecule has 0 bridgehead atoms. The highest BCUT2D eigenvalue weighted by atomic mass is 16.6. The minimum atomic E-state index is -0.330. The van der Waals surface area contributed by atoms with Crippen molar-refractivity contribution in [3.63, 3.8) is 0 Å². The van der Waals surface area contributed by atoms with Crippen molar-refractivity contribution in [1.29, 1.82) is 0 Å². The van der Waals surface area contributed by atoms with Crippen LogP contribution < -0.4 is 5.32 Å². The second-order valence-corrected chi connectivity index (χ2v) is 6.30. The van der Waals surface area contributed by atoms with E-state index in [-0.39, 0.29) is 16.1 Å². The number of rotatable bonds is 4. The SMILES string of the molecule is CNc1ccc(CN2CCN(C)C(C)(C)C2)cc1[N+](=O)[O-]. The second-order valence-electron chi connectivity index (χ2n) is 6.30. The van der Waals surface area contributed by atoms with Gasteiger partial charge in [-0.25, -0.2) is 0 Å². The molecule has 1 N–H and O–H groups in total. The van der Waals surface area contributed by atoms with Gasteiger partial charge >= 0.3 is 0 Å². The Labute approximate surface area is 125 Å². The van der Waals surface area contributed by atoms with Gasteiger partial charge in [0.05, 0.1) is 4.92 Å². The van der Waals surface area contributed by atoms with Crippen LogP contribution >= 0.6 is 0 Å². The Morgan fingerprint density at radius 3 is 2.67 bits per heavy atom. The lowest BCUT2D eigenvalue weighted by Crippen LogP contribution is -2.57. The molecule has 0 atom stereocenters. The molecule has 6 heteroatoms. The van der Waals surface area contributed by atoms with Crippen LogP contribution in [0.3, 0.4) is 0 Å². The highest BCUT2D eigenvalue weighted by Crippen LogP contribution is 2.27. The fourth-order valence-electron chi connectivity index (χ4n) is 2.77. The van der Waals surface area contributed by atoms with E-state index >= 15 is 0 Å². The topological polar surface area (TPSA) is 61.6 Å². The number of nitrogens with zero attached hydrogens (tertiary/aromatic N) is 3. The quantitative estimate of drug-likeness (QED) is 0.680. The third-order valence-corrected chi connectivity index (χ3v) is 4.33. The Hall–Kier alpha value is -1.66. The van der Waals surface area contributed by atoms with Gasteiger partial charge in [-0.05, 0) is 32.5 Å². The summed E-state index contributed by atoms with van der Waals surface area (Å²) in [5, 5.41) is 14.0. The molecule has 0 amide bonds. The van der Waals surface area contributed by atoms with Crippen LogP contribution in [0.4, 0.5) is 11.4 Å². The summed E-state index contributed by atoms with van der Waals surface area (Å²) in [6.45, 7) is 8.18. The standard InChI is InChI=1S/C15H24N4O2/c1-15(2)11-18(8-7-17(15)4)10-12-5-6-13(16-3)14(9-12)19(20)21/h5-6,9,16H,7-8,10-11H2,1-4H3. The Balaban J connectivity index is 2.13. The molecule has 0 unspecified atom stereocenters. The van der Waals surface area contributed by atoms with E-state index in [0.717, 1.165) is 31.7 Å². The number of piperazine rings is 1. The molecule has 2 rings (SSSR count). The molecule has 1 aromatic carbocycles. The van der Waals surface area contributed by atoms with Gasteiger partial charge < -0.3 is 5.32 Å². The van der Waals surface area contributed by atoms with E-state index in [1.807, 2.05) is 6.07 Å². The maximum atomic E-state index is 11.1. The average Bonchev–Trinajstić information content (AvgIpc) is 2.42. The first kappa shape index (κ1) is 15.7. The van der Waals surface area contributed by atoms with Gasteiger partial charge in [-0.3, -0.25) is 19.9 Å². The highest BCUT2D eigenvalue weighted by Gasteiger charge is 2.31. The lowest BCUT2D eigenvalue weighted by Gasteiger charge is -2.45. The van der Waals surface area contributed by atoms with Crippen molar-refractivity contribution < 1.29 is 4.92 Å². The van der Waals surface area contributed by atoms with Crippen LogP contribution in [0, 0.1) is 10.1 Å². The molecule has 1 aliphatic heterocycles. The van der Waals surface area contributed by atoms with E-state index < -0.39 is 0 Å². The van der Waals surface area contributed by atoms with Crippen LogP contribution in [0.5, 0.6) is 0 Å². The summed E-state index contributed by atoms with van der Waals surface area (Å²) in [6, 6.07) is 5.43. The first-order valence-corrected chi connectivity index (χ1v) is 7.22. The minimum absolute atomic E-state index is 0.134. The number of benzene rings is 1. The molecule has 0 spiro atoms. The molecular weight excluding hydrogens is 268 g/mol. The molecule has 1 heterocycles. The van der Waals surface area contributed by atoms with Gasteiger partial charge in [0.15, 0.2) is 0 Å². The number of likely N-dealkylation sites (N-methyl/N-ethyl adjacent to an activating group) is 1. The third-order valence-electron chi connectivity index (χ3n) is 4.33. The van der Waals surface area contributed by atoms with E-state index in [4.69, 9.17) is 0 Å². The zero-order valence-electron chi connectivity index (χ0n) is 13.2. The summed E-state index contributed by atoms with van der Waals surface area (Å²) in [5.41, 5.74) is 1.82. The maximum Gasteiger partial charge on any atom is 0.292 e. The van der Waals surface area contributed by atoms with Gasteiger partial charge in [-0.15, -0.1) is 0 Å². The van der Waals surface area contributed by atoms with Crippen molar-refractivity contribution in [2.45, 2.75) is 25.9 Å². The van der Waals surface area contributed by atoms with E-state index in [2.05, 4.69) is 36.0 Å². The van der Waals surface area contributed by atoms with Gasteiger partial charge in [-0.1, -0.05) is 6.07 Å². The molecule has 6 nitrogen and oxygen atoms in total. The molecule has 1 saturated heterocycles. The second kappa shape index (κ2) is 5.99. The van der Waals surface area contributed by atoms with Crippen molar-refractivity contribution in [3.8, 4) is 0 Å². The average molecular weight is 292 g/mol. The molecule has 116 valence electrons. The number of hydrogen-bond donors (Lipinski definition) is 1. The van der Waals surface area contributed by atoms with E-state index in [1.54, 1.807) is 19.2 Å².